The summed E-state index contributed by atoms with van der Waals surface area (Å²) in [7, 11) is 0. The molecule has 0 aromatic rings. The van der Waals surface area contributed by atoms with Gasteiger partial charge < -0.3 is 20.3 Å². The molecule has 2 fully saturated rings. The lowest BCUT2D eigenvalue weighted by molar-refractivity contribution is -0.165. The molecule has 0 bridgehead atoms. The highest BCUT2D eigenvalue weighted by atomic mass is 16.6. The molecule has 1 unspecified atom stereocenters. The Balaban J connectivity index is 1.89. The van der Waals surface area contributed by atoms with Gasteiger partial charge in [-0.15, -0.1) is 0 Å². The summed E-state index contributed by atoms with van der Waals surface area (Å²) in [5, 5.41) is 21.1. The van der Waals surface area contributed by atoms with Crippen molar-refractivity contribution in [1.29, 1.82) is 0 Å². The first-order chi connectivity index (χ1) is 10.6. The summed E-state index contributed by atoms with van der Waals surface area (Å²) in [4.78, 5) is 25.4. The van der Waals surface area contributed by atoms with Crippen molar-refractivity contribution >= 4 is 11.9 Å². The molecule has 1 saturated heterocycles. The fourth-order valence-electron chi connectivity index (χ4n) is 2.77. The van der Waals surface area contributed by atoms with Gasteiger partial charge in [-0.05, 0) is 25.0 Å². The van der Waals surface area contributed by atoms with Crippen LogP contribution in [-0.2, 0) is 14.3 Å². The highest BCUT2D eigenvalue weighted by Gasteiger charge is 2.33. The number of amides is 1. The van der Waals surface area contributed by atoms with Gasteiger partial charge in [-0.2, -0.15) is 0 Å². The number of cyclic esters (lactones) is 1. The maximum absolute atomic E-state index is 12.2. The second-order valence-electron chi connectivity index (χ2n) is 5.64. The summed E-state index contributed by atoms with van der Waals surface area (Å²) in [6.07, 6.45) is 6.72. The molecule has 22 heavy (non-hydrogen) atoms. The molecule has 7 nitrogen and oxygen atoms in total. The summed E-state index contributed by atoms with van der Waals surface area (Å²) < 4.78 is 5.10. The van der Waals surface area contributed by atoms with Crippen molar-refractivity contribution in [2.24, 2.45) is 0 Å². The predicted octanol–water partition coefficient (Wildman–Crippen LogP) is 0.786. The topological polar surface area (TPSA) is 99.1 Å². The standard InChI is InChI=1S/C15H22N2O5/c18-7-3-6-12(19)8-17-9-13(22-14(20)10-17)15(21)16-11-4-1-2-5-11/h3,6-7,11,13,18-19H,1-2,4-5,8-10H2,(H,16,21)/b7-3-,12-6-. The van der Waals surface area contributed by atoms with Crippen molar-refractivity contribution in [1.82, 2.24) is 10.2 Å². The fourth-order valence-corrected chi connectivity index (χ4v) is 2.77. The van der Waals surface area contributed by atoms with E-state index in [2.05, 4.69) is 5.32 Å². The molecule has 122 valence electrons. The summed E-state index contributed by atoms with van der Waals surface area (Å²) >= 11 is 0. The average molecular weight is 310 g/mol. The summed E-state index contributed by atoms with van der Waals surface area (Å²) in [6.45, 7) is 0.381. The Kier molecular flexibility index (Phi) is 5.83. The number of hydrogen-bond acceptors (Lipinski definition) is 6. The van der Waals surface area contributed by atoms with Gasteiger partial charge in [0.2, 0.25) is 0 Å². The smallest absolute Gasteiger partial charge is 0.320 e. The number of nitrogens with zero attached hydrogens (tertiary/aromatic N) is 1. The van der Waals surface area contributed by atoms with Gasteiger partial charge in [0.25, 0.3) is 5.91 Å². The Morgan fingerprint density at radius 3 is 2.82 bits per heavy atom. The number of morpholine rings is 1. The van der Waals surface area contributed by atoms with Crippen LogP contribution >= 0.6 is 0 Å². The fraction of sp³-hybridized carbons (Fsp3) is 0.600. The first-order valence-corrected chi connectivity index (χ1v) is 7.49. The average Bonchev–Trinajstić information content (AvgIpc) is 2.97. The first kappa shape index (κ1) is 16.4. The number of allylic oxidation sites excluding steroid dienone is 2. The van der Waals surface area contributed by atoms with Crippen LogP contribution in [0.2, 0.25) is 0 Å². The van der Waals surface area contributed by atoms with E-state index in [1.54, 1.807) is 4.90 Å². The minimum absolute atomic E-state index is 0.00467. The maximum atomic E-state index is 12.2. The second kappa shape index (κ2) is 7.84. The quantitative estimate of drug-likeness (QED) is 0.394. The molecule has 7 heteroatoms. The molecule has 3 N–H and O–H groups in total. The van der Waals surface area contributed by atoms with Crippen LogP contribution in [0, 0.1) is 0 Å². The van der Waals surface area contributed by atoms with Crippen LogP contribution in [0.3, 0.4) is 0 Å². The minimum Gasteiger partial charge on any atom is -0.516 e. The lowest BCUT2D eigenvalue weighted by atomic mass is 10.2. The third-order valence-corrected chi connectivity index (χ3v) is 3.80. The Hall–Kier alpha value is -2.02. The number of rotatable bonds is 5. The Labute approximate surface area is 129 Å². The third kappa shape index (κ3) is 4.77. The molecule has 1 heterocycles. The highest BCUT2D eigenvalue weighted by Crippen LogP contribution is 2.18. The molecule has 0 radical (unpaired) electrons. The van der Waals surface area contributed by atoms with Crippen molar-refractivity contribution in [2.45, 2.75) is 37.8 Å². The molecular formula is C15H22N2O5. The van der Waals surface area contributed by atoms with Crippen molar-refractivity contribution in [3.8, 4) is 0 Å². The number of esters is 1. The van der Waals surface area contributed by atoms with Gasteiger partial charge >= 0.3 is 5.97 Å². The lowest BCUT2D eigenvalue weighted by Gasteiger charge is -2.31. The van der Waals surface area contributed by atoms with Gasteiger partial charge in [-0.3, -0.25) is 14.5 Å². The number of nitrogens with one attached hydrogen (secondary N) is 1. The molecule has 1 amide bonds. The van der Waals surface area contributed by atoms with E-state index >= 15 is 0 Å². The number of ether oxygens (including phenoxy) is 1. The molecule has 0 aromatic carbocycles. The van der Waals surface area contributed by atoms with Crippen molar-refractivity contribution in [2.75, 3.05) is 19.6 Å². The monoisotopic (exact) mass is 310 g/mol. The van der Waals surface area contributed by atoms with Gasteiger partial charge in [0, 0.05) is 12.6 Å². The number of aliphatic hydroxyl groups is 2. The molecule has 1 atom stereocenters. The first-order valence-electron chi connectivity index (χ1n) is 7.49. The van der Waals surface area contributed by atoms with Crippen LogP contribution in [0.15, 0.2) is 24.2 Å². The van der Waals surface area contributed by atoms with E-state index in [4.69, 9.17) is 9.84 Å². The van der Waals surface area contributed by atoms with Gasteiger partial charge in [0.15, 0.2) is 6.10 Å². The van der Waals surface area contributed by atoms with E-state index in [1.165, 1.54) is 12.2 Å². The molecule has 2 aliphatic rings. The van der Waals surface area contributed by atoms with Gasteiger partial charge in [0.1, 0.15) is 5.76 Å². The molecule has 0 spiro atoms. The van der Waals surface area contributed by atoms with Gasteiger partial charge in [-0.1, -0.05) is 12.8 Å². The van der Waals surface area contributed by atoms with Crippen LogP contribution in [0.1, 0.15) is 25.7 Å². The van der Waals surface area contributed by atoms with Crippen molar-refractivity contribution < 1.29 is 24.5 Å². The predicted molar refractivity (Wildman–Crippen MR) is 79.2 cm³/mol. The Bertz CT molecular complexity index is 469. The Morgan fingerprint density at radius 2 is 2.14 bits per heavy atom. The molecular weight excluding hydrogens is 288 g/mol. The SMILES string of the molecule is O=C1CN(C/C(O)=C/C=C\O)CC(C(=O)NC2CCCC2)O1. The molecule has 2 rings (SSSR count). The number of carbonyl (C=O) groups is 2. The van der Waals surface area contributed by atoms with Gasteiger partial charge in [-0.25, -0.2) is 0 Å². The number of hydrogen-bond donors (Lipinski definition) is 3. The molecule has 0 aromatic heterocycles. The largest absolute Gasteiger partial charge is 0.516 e. The Morgan fingerprint density at radius 1 is 1.41 bits per heavy atom. The van der Waals surface area contributed by atoms with E-state index in [-0.39, 0.29) is 37.3 Å². The van der Waals surface area contributed by atoms with Crippen molar-refractivity contribution in [3.63, 3.8) is 0 Å². The summed E-state index contributed by atoms with van der Waals surface area (Å²) in [5.41, 5.74) is 0. The summed E-state index contributed by atoms with van der Waals surface area (Å²) in [5.74, 6) is -0.762. The van der Waals surface area contributed by atoms with E-state index in [0.29, 0.717) is 0 Å². The lowest BCUT2D eigenvalue weighted by Crippen LogP contribution is -2.53. The van der Waals surface area contributed by atoms with E-state index in [9.17, 15) is 14.7 Å². The van der Waals surface area contributed by atoms with E-state index in [0.717, 1.165) is 31.9 Å². The van der Waals surface area contributed by atoms with Crippen LogP contribution < -0.4 is 5.32 Å². The maximum Gasteiger partial charge on any atom is 0.320 e. The van der Waals surface area contributed by atoms with Crippen LogP contribution in [0.5, 0.6) is 0 Å². The van der Waals surface area contributed by atoms with Crippen molar-refractivity contribution in [3.05, 3.63) is 24.2 Å². The molecule has 1 aliphatic carbocycles. The zero-order valence-corrected chi connectivity index (χ0v) is 12.4. The third-order valence-electron chi connectivity index (χ3n) is 3.80. The molecule has 1 aliphatic heterocycles. The second-order valence-corrected chi connectivity index (χ2v) is 5.64. The van der Waals surface area contributed by atoms with Crippen LogP contribution in [-0.4, -0.2) is 58.8 Å². The van der Waals surface area contributed by atoms with Gasteiger partial charge in [0.05, 0.1) is 19.4 Å². The summed E-state index contributed by atoms with van der Waals surface area (Å²) in [6, 6.07) is 0.171. The highest BCUT2D eigenvalue weighted by molar-refractivity contribution is 5.85. The van der Waals surface area contributed by atoms with Crippen LogP contribution in [0.4, 0.5) is 0 Å². The zero-order valence-electron chi connectivity index (χ0n) is 12.4. The van der Waals surface area contributed by atoms with E-state index < -0.39 is 12.1 Å². The number of aliphatic hydroxyl groups excluding tert-OH is 2. The normalized spacial score (nSPS) is 24.6. The number of carbonyl (C=O) groups excluding carboxylic acids is 2. The van der Waals surface area contributed by atoms with E-state index in [1.807, 2.05) is 0 Å². The molecule has 1 saturated carbocycles. The zero-order chi connectivity index (χ0) is 15.9. The minimum atomic E-state index is -0.844. The van der Waals surface area contributed by atoms with Crippen LogP contribution in [0.25, 0.3) is 0 Å².